The Bertz CT molecular complexity index is 999. The number of sulfonamides is 1. The number of para-hydroxylation sites is 2. The zero-order valence-electron chi connectivity index (χ0n) is 16.7. The molecule has 3 rings (SSSR count). The lowest BCUT2D eigenvalue weighted by molar-refractivity contribution is 0.0623. The van der Waals surface area contributed by atoms with E-state index in [1.54, 1.807) is 35.2 Å². The molecule has 1 heterocycles. The summed E-state index contributed by atoms with van der Waals surface area (Å²) in [5.74, 6) is 1.01. The van der Waals surface area contributed by atoms with Gasteiger partial charge in [0.1, 0.15) is 10.6 Å². The zero-order chi connectivity index (χ0) is 21.2. The van der Waals surface area contributed by atoms with Crippen molar-refractivity contribution >= 4 is 33.2 Å². The van der Waals surface area contributed by atoms with Crippen LogP contribution in [-0.2, 0) is 10.0 Å². The van der Waals surface area contributed by atoms with Crippen molar-refractivity contribution in [1.29, 1.82) is 0 Å². The number of nitrogens with one attached hydrogen (secondary N) is 1. The maximum Gasteiger partial charge on any atom is 0.263 e. The van der Waals surface area contributed by atoms with Crippen LogP contribution in [-0.4, -0.2) is 39.4 Å². The van der Waals surface area contributed by atoms with Crippen LogP contribution in [0.5, 0.6) is 5.75 Å². The fraction of sp³-hybridized carbons (Fsp3) is 0.381. The Morgan fingerprint density at radius 1 is 1.14 bits per heavy atom. The summed E-state index contributed by atoms with van der Waals surface area (Å²) >= 11 is 6.18. The zero-order valence-corrected chi connectivity index (χ0v) is 18.3. The third-order valence-corrected chi connectivity index (χ3v) is 6.82. The number of amides is 1. The standard InChI is InChI=1S/C21H25ClN2O4S/c1-14-10-15(2)13-24(12-14)21(25)16-8-9-17(22)20(11-16)29(26,27)23-18-6-4-5-7-19(18)28-3/h4-9,11,14-15,23H,10,12-13H2,1-3H3/t14-,15-/m1/s1. The topological polar surface area (TPSA) is 75.7 Å². The number of rotatable bonds is 5. The van der Waals surface area contributed by atoms with Crippen LogP contribution in [0.1, 0.15) is 30.6 Å². The minimum absolute atomic E-state index is 0.0457. The Hall–Kier alpha value is -2.25. The van der Waals surface area contributed by atoms with Crippen molar-refractivity contribution in [2.24, 2.45) is 11.8 Å². The van der Waals surface area contributed by atoms with Crippen LogP contribution < -0.4 is 9.46 Å². The normalized spacial score (nSPS) is 19.7. The fourth-order valence-corrected chi connectivity index (χ4v) is 5.38. The van der Waals surface area contributed by atoms with Crippen LogP contribution in [0.15, 0.2) is 47.4 Å². The molecule has 0 spiro atoms. The highest BCUT2D eigenvalue weighted by Crippen LogP contribution is 2.30. The number of halogens is 1. The van der Waals surface area contributed by atoms with E-state index in [2.05, 4.69) is 18.6 Å². The molecule has 2 atom stereocenters. The van der Waals surface area contributed by atoms with Crippen LogP contribution in [0.2, 0.25) is 5.02 Å². The van der Waals surface area contributed by atoms with Gasteiger partial charge in [-0.1, -0.05) is 37.6 Å². The first-order valence-electron chi connectivity index (χ1n) is 9.46. The van der Waals surface area contributed by atoms with Gasteiger partial charge >= 0.3 is 0 Å². The summed E-state index contributed by atoms with van der Waals surface area (Å²) in [5, 5.41) is 0.0457. The van der Waals surface area contributed by atoms with Crippen molar-refractivity contribution in [2.45, 2.75) is 25.2 Å². The van der Waals surface area contributed by atoms with Crippen molar-refractivity contribution in [2.75, 3.05) is 24.9 Å². The van der Waals surface area contributed by atoms with E-state index >= 15 is 0 Å². The Balaban J connectivity index is 1.91. The van der Waals surface area contributed by atoms with Crippen LogP contribution in [0.4, 0.5) is 5.69 Å². The Morgan fingerprint density at radius 3 is 2.45 bits per heavy atom. The molecule has 0 aromatic heterocycles. The average Bonchev–Trinajstić information content (AvgIpc) is 2.67. The minimum atomic E-state index is -4.02. The molecular weight excluding hydrogens is 412 g/mol. The summed E-state index contributed by atoms with van der Waals surface area (Å²) in [6, 6.07) is 11.0. The lowest BCUT2D eigenvalue weighted by Gasteiger charge is -2.35. The summed E-state index contributed by atoms with van der Waals surface area (Å²) in [7, 11) is -2.56. The van der Waals surface area contributed by atoms with Gasteiger partial charge in [0.25, 0.3) is 15.9 Å². The number of carbonyl (C=O) groups excluding carboxylic acids is 1. The molecule has 0 aliphatic carbocycles. The van der Waals surface area contributed by atoms with Crippen LogP contribution in [0.3, 0.4) is 0 Å². The number of likely N-dealkylation sites (tertiary alicyclic amines) is 1. The molecule has 1 amide bonds. The number of anilines is 1. The highest BCUT2D eigenvalue weighted by molar-refractivity contribution is 7.92. The molecule has 8 heteroatoms. The molecule has 0 bridgehead atoms. The van der Waals surface area contributed by atoms with Gasteiger partial charge < -0.3 is 9.64 Å². The number of carbonyl (C=O) groups is 1. The van der Waals surface area contributed by atoms with Gasteiger partial charge in [0, 0.05) is 18.7 Å². The van der Waals surface area contributed by atoms with E-state index < -0.39 is 10.0 Å². The first-order valence-corrected chi connectivity index (χ1v) is 11.3. The maximum absolute atomic E-state index is 13.0. The number of ether oxygens (including phenoxy) is 1. The summed E-state index contributed by atoms with van der Waals surface area (Å²) in [4.78, 5) is 14.6. The number of piperidine rings is 1. The molecule has 1 saturated heterocycles. The predicted molar refractivity (Wildman–Crippen MR) is 114 cm³/mol. The van der Waals surface area contributed by atoms with E-state index in [0.717, 1.165) is 6.42 Å². The quantitative estimate of drug-likeness (QED) is 0.759. The van der Waals surface area contributed by atoms with Crippen LogP contribution in [0, 0.1) is 11.8 Å². The maximum atomic E-state index is 13.0. The molecule has 156 valence electrons. The smallest absolute Gasteiger partial charge is 0.263 e. The molecule has 2 aromatic rings. The Morgan fingerprint density at radius 2 is 1.79 bits per heavy atom. The molecule has 0 unspecified atom stereocenters. The third kappa shape index (κ3) is 4.85. The monoisotopic (exact) mass is 436 g/mol. The SMILES string of the molecule is COc1ccccc1NS(=O)(=O)c1cc(C(=O)N2C[C@H](C)C[C@@H](C)C2)ccc1Cl. The number of benzene rings is 2. The molecule has 29 heavy (non-hydrogen) atoms. The highest BCUT2D eigenvalue weighted by Gasteiger charge is 2.28. The highest BCUT2D eigenvalue weighted by atomic mass is 35.5. The largest absolute Gasteiger partial charge is 0.495 e. The summed E-state index contributed by atoms with van der Waals surface area (Å²) < 4.78 is 33.6. The second kappa shape index (κ2) is 8.63. The van der Waals surface area contributed by atoms with Crippen LogP contribution in [0.25, 0.3) is 0 Å². The van der Waals surface area contributed by atoms with Gasteiger partial charge in [-0.2, -0.15) is 0 Å². The second-order valence-electron chi connectivity index (χ2n) is 7.61. The van der Waals surface area contributed by atoms with E-state index in [1.807, 2.05) is 0 Å². The fourth-order valence-electron chi connectivity index (χ4n) is 3.78. The molecule has 6 nitrogen and oxygen atoms in total. The number of hydrogen-bond acceptors (Lipinski definition) is 4. The molecule has 0 saturated carbocycles. The first kappa shape index (κ1) is 21.5. The van der Waals surface area contributed by atoms with Gasteiger partial charge in [-0.15, -0.1) is 0 Å². The first-order chi connectivity index (χ1) is 13.7. The molecular formula is C21H25ClN2O4S. The van der Waals surface area contributed by atoms with Gasteiger partial charge in [0.2, 0.25) is 0 Å². The third-order valence-electron chi connectivity index (χ3n) is 4.98. The summed E-state index contributed by atoms with van der Waals surface area (Å²) in [5.41, 5.74) is 0.595. The average molecular weight is 437 g/mol. The second-order valence-corrected chi connectivity index (χ2v) is 9.67. The van der Waals surface area contributed by atoms with Crippen LogP contribution >= 0.6 is 11.6 Å². The summed E-state index contributed by atoms with van der Waals surface area (Å²) in [6.45, 7) is 5.55. The molecule has 1 aliphatic rings. The Labute approximate surface area is 176 Å². The lowest BCUT2D eigenvalue weighted by atomic mass is 9.91. The van der Waals surface area contributed by atoms with Gasteiger partial charge in [0.15, 0.2) is 0 Å². The van der Waals surface area contributed by atoms with Crippen molar-refractivity contribution < 1.29 is 17.9 Å². The van der Waals surface area contributed by atoms with Crippen molar-refractivity contribution in [3.05, 3.63) is 53.1 Å². The van der Waals surface area contributed by atoms with Crippen molar-refractivity contribution in [1.82, 2.24) is 4.90 Å². The molecule has 1 aliphatic heterocycles. The van der Waals surface area contributed by atoms with E-state index in [4.69, 9.17) is 16.3 Å². The van der Waals surface area contributed by atoms with Gasteiger partial charge in [-0.25, -0.2) is 8.42 Å². The summed E-state index contributed by atoms with van der Waals surface area (Å²) in [6.07, 6.45) is 1.08. The van der Waals surface area contributed by atoms with E-state index in [0.29, 0.717) is 41.9 Å². The van der Waals surface area contributed by atoms with Gasteiger partial charge in [-0.3, -0.25) is 9.52 Å². The van der Waals surface area contributed by atoms with Crippen molar-refractivity contribution in [3.63, 3.8) is 0 Å². The van der Waals surface area contributed by atoms with Gasteiger partial charge in [0.05, 0.1) is 17.8 Å². The predicted octanol–water partition coefficient (Wildman–Crippen LogP) is 4.27. The molecule has 0 radical (unpaired) electrons. The molecule has 2 aromatic carbocycles. The van der Waals surface area contributed by atoms with E-state index in [-0.39, 0.29) is 15.8 Å². The minimum Gasteiger partial charge on any atom is -0.495 e. The van der Waals surface area contributed by atoms with E-state index in [9.17, 15) is 13.2 Å². The number of methoxy groups -OCH3 is 1. The van der Waals surface area contributed by atoms with Crippen molar-refractivity contribution in [3.8, 4) is 5.75 Å². The van der Waals surface area contributed by atoms with Gasteiger partial charge in [-0.05, 0) is 48.6 Å². The molecule has 1 N–H and O–H groups in total. The Kier molecular flexibility index (Phi) is 6.39. The number of hydrogen-bond donors (Lipinski definition) is 1. The molecule has 1 fully saturated rings. The lowest BCUT2D eigenvalue weighted by Crippen LogP contribution is -2.42. The van der Waals surface area contributed by atoms with E-state index in [1.165, 1.54) is 19.2 Å². The number of nitrogens with zero attached hydrogens (tertiary/aromatic N) is 1.